The average molecular weight is 488 g/mol. The van der Waals surface area contributed by atoms with Gasteiger partial charge >= 0.3 is 5.69 Å². The molecule has 0 bridgehead atoms. The monoisotopic (exact) mass is 487 g/mol. The molecule has 10 heteroatoms. The van der Waals surface area contributed by atoms with Gasteiger partial charge in [-0.3, -0.25) is 14.3 Å². The highest BCUT2D eigenvalue weighted by molar-refractivity contribution is 5.95. The van der Waals surface area contributed by atoms with Gasteiger partial charge < -0.3 is 9.64 Å². The molecule has 36 heavy (non-hydrogen) atoms. The third kappa shape index (κ3) is 4.16. The number of carbonyl (C=O) groups is 1. The molecule has 0 radical (unpaired) electrons. The summed E-state index contributed by atoms with van der Waals surface area (Å²) in [6.45, 7) is 7.74. The molecule has 2 fully saturated rings. The number of anilines is 1. The second kappa shape index (κ2) is 9.11. The number of hydrogen-bond acceptors (Lipinski definition) is 7. The molecular weight excluding hydrogens is 458 g/mol. The lowest BCUT2D eigenvalue weighted by Crippen LogP contribution is -2.44. The van der Waals surface area contributed by atoms with Crippen molar-refractivity contribution in [2.75, 3.05) is 24.5 Å². The van der Waals surface area contributed by atoms with Crippen molar-refractivity contribution in [3.8, 4) is 0 Å². The molecule has 186 valence electrons. The van der Waals surface area contributed by atoms with E-state index in [9.17, 15) is 9.59 Å². The largest absolute Gasteiger partial charge is 0.373 e. The fourth-order valence-electron chi connectivity index (χ4n) is 5.44. The van der Waals surface area contributed by atoms with Gasteiger partial charge in [-0.1, -0.05) is 12.1 Å². The number of carbonyl (C=O) groups excluding carboxylic acids is 1. The topological polar surface area (TPSA) is 97.9 Å². The molecule has 0 N–H and O–H groups in total. The molecule has 3 aromatic heterocycles. The van der Waals surface area contributed by atoms with Crippen molar-refractivity contribution in [1.29, 1.82) is 0 Å². The van der Waals surface area contributed by atoms with Crippen LogP contribution in [0.3, 0.4) is 0 Å². The molecule has 2 unspecified atom stereocenters. The van der Waals surface area contributed by atoms with Crippen LogP contribution in [0.15, 0.2) is 47.7 Å². The van der Waals surface area contributed by atoms with E-state index in [4.69, 9.17) is 9.72 Å². The Bertz CT molecular complexity index is 1480. The summed E-state index contributed by atoms with van der Waals surface area (Å²) in [6.07, 6.45) is 5.10. The molecule has 2 aliphatic heterocycles. The molecular formula is C26H29N7O3. The van der Waals surface area contributed by atoms with Gasteiger partial charge in [-0.15, -0.1) is 0 Å². The van der Waals surface area contributed by atoms with Crippen molar-refractivity contribution in [2.24, 2.45) is 0 Å². The van der Waals surface area contributed by atoms with E-state index >= 15 is 0 Å². The Kier molecular flexibility index (Phi) is 5.77. The molecule has 4 aromatic rings. The van der Waals surface area contributed by atoms with Crippen LogP contribution < -0.4 is 10.6 Å². The maximum atomic E-state index is 13.3. The number of amides is 1. The third-order valence-corrected chi connectivity index (χ3v) is 6.94. The van der Waals surface area contributed by atoms with Crippen LogP contribution in [0.5, 0.6) is 0 Å². The first-order valence-electron chi connectivity index (χ1n) is 12.4. The minimum Gasteiger partial charge on any atom is -0.373 e. The van der Waals surface area contributed by atoms with Crippen LogP contribution in [-0.4, -0.2) is 66.8 Å². The molecule has 2 aliphatic rings. The van der Waals surface area contributed by atoms with Gasteiger partial charge in [0, 0.05) is 44.5 Å². The van der Waals surface area contributed by atoms with E-state index < -0.39 is 0 Å². The second-order valence-electron chi connectivity index (χ2n) is 9.85. The van der Waals surface area contributed by atoms with E-state index in [1.54, 1.807) is 4.57 Å². The SMILES string of the molecule is CC1CN(Cc2cnc3c(c2)c2ncnn2c(=O)n3Cc2ccc(N3CCCC3=O)cc2)CC(C)O1. The third-order valence-electron chi connectivity index (χ3n) is 6.94. The molecule has 2 atom stereocenters. The van der Waals surface area contributed by atoms with Crippen LogP contribution in [0.4, 0.5) is 5.69 Å². The second-order valence-corrected chi connectivity index (χ2v) is 9.85. The van der Waals surface area contributed by atoms with Crippen LogP contribution in [0.2, 0.25) is 0 Å². The van der Waals surface area contributed by atoms with Crippen LogP contribution in [0, 0.1) is 0 Å². The summed E-state index contributed by atoms with van der Waals surface area (Å²) in [6, 6.07) is 9.86. The smallest absolute Gasteiger partial charge is 0.352 e. The highest BCUT2D eigenvalue weighted by Gasteiger charge is 2.23. The molecule has 0 aliphatic carbocycles. The highest BCUT2D eigenvalue weighted by atomic mass is 16.5. The number of benzene rings is 1. The maximum absolute atomic E-state index is 13.3. The highest BCUT2D eigenvalue weighted by Crippen LogP contribution is 2.23. The number of ether oxygens (including phenoxy) is 1. The van der Waals surface area contributed by atoms with Gasteiger partial charge in [-0.25, -0.2) is 14.8 Å². The van der Waals surface area contributed by atoms with E-state index in [1.807, 2.05) is 35.4 Å². The van der Waals surface area contributed by atoms with Gasteiger partial charge in [-0.2, -0.15) is 9.61 Å². The van der Waals surface area contributed by atoms with Gasteiger partial charge in [0.15, 0.2) is 5.65 Å². The molecule has 10 nitrogen and oxygen atoms in total. The Hall–Kier alpha value is -3.63. The lowest BCUT2D eigenvalue weighted by molar-refractivity contribution is -0.117. The average Bonchev–Trinajstić information content (AvgIpc) is 3.51. The Balaban J connectivity index is 1.34. The van der Waals surface area contributed by atoms with Crippen molar-refractivity contribution in [1.82, 2.24) is 29.0 Å². The Labute approximate surface area is 208 Å². The number of fused-ring (bicyclic) bond motifs is 3. The first-order valence-corrected chi connectivity index (χ1v) is 12.4. The van der Waals surface area contributed by atoms with E-state index in [1.165, 1.54) is 10.8 Å². The molecule has 0 saturated carbocycles. The number of morpholine rings is 1. The summed E-state index contributed by atoms with van der Waals surface area (Å²) in [7, 11) is 0. The predicted molar refractivity (Wildman–Crippen MR) is 135 cm³/mol. The number of hydrogen-bond donors (Lipinski definition) is 0. The zero-order chi connectivity index (χ0) is 24.8. The van der Waals surface area contributed by atoms with E-state index in [0.717, 1.165) is 54.8 Å². The zero-order valence-corrected chi connectivity index (χ0v) is 20.5. The minimum atomic E-state index is -0.287. The molecule has 0 spiro atoms. The van der Waals surface area contributed by atoms with E-state index in [-0.39, 0.29) is 23.8 Å². The molecule has 2 saturated heterocycles. The summed E-state index contributed by atoms with van der Waals surface area (Å²) < 4.78 is 8.83. The summed E-state index contributed by atoms with van der Waals surface area (Å²) in [5.74, 6) is 0.155. The first-order chi connectivity index (χ1) is 17.5. The maximum Gasteiger partial charge on any atom is 0.352 e. The lowest BCUT2D eigenvalue weighted by Gasteiger charge is -2.35. The quantitative estimate of drug-likeness (QED) is 0.426. The van der Waals surface area contributed by atoms with Gasteiger partial charge in [0.1, 0.15) is 12.0 Å². The van der Waals surface area contributed by atoms with Gasteiger partial charge in [0.25, 0.3) is 0 Å². The van der Waals surface area contributed by atoms with Gasteiger partial charge in [0.05, 0.1) is 24.1 Å². The molecule has 1 aromatic carbocycles. The molecule has 1 amide bonds. The Morgan fingerprint density at radius 1 is 0.972 bits per heavy atom. The van der Waals surface area contributed by atoms with E-state index in [2.05, 4.69) is 34.9 Å². The number of pyridine rings is 1. The Morgan fingerprint density at radius 2 is 1.75 bits per heavy atom. The molecule has 6 rings (SSSR count). The van der Waals surface area contributed by atoms with Crippen molar-refractivity contribution in [3.05, 3.63) is 64.5 Å². The van der Waals surface area contributed by atoms with E-state index in [0.29, 0.717) is 24.3 Å². The number of nitrogens with zero attached hydrogens (tertiary/aromatic N) is 7. The van der Waals surface area contributed by atoms with Crippen LogP contribution in [0.25, 0.3) is 16.7 Å². The standard InChI is InChI=1S/C26H29N7O3/c1-17-12-30(13-18(2)36-17)14-20-10-22-24(27-11-20)32(26(35)33-25(22)28-16-29-33)15-19-5-7-21(8-6-19)31-9-3-4-23(31)34/h5-8,10-11,16-18H,3-4,9,12-15H2,1-2H3. The van der Waals surface area contributed by atoms with Crippen molar-refractivity contribution >= 4 is 28.3 Å². The fourth-order valence-corrected chi connectivity index (χ4v) is 5.44. The van der Waals surface area contributed by atoms with Crippen molar-refractivity contribution in [3.63, 3.8) is 0 Å². The summed E-state index contributed by atoms with van der Waals surface area (Å²) >= 11 is 0. The van der Waals surface area contributed by atoms with Crippen LogP contribution >= 0.6 is 0 Å². The predicted octanol–water partition coefficient (Wildman–Crippen LogP) is 2.22. The summed E-state index contributed by atoms with van der Waals surface area (Å²) in [5, 5.41) is 4.97. The van der Waals surface area contributed by atoms with Crippen LogP contribution in [0.1, 0.15) is 37.8 Å². The van der Waals surface area contributed by atoms with Crippen molar-refractivity contribution in [2.45, 2.75) is 52.0 Å². The normalized spacial score (nSPS) is 21.2. The first kappa shape index (κ1) is 22.8. The lowest BCUT2D eigenvalue weighted by atomic mass is 10.1. The van der Waals surface area contributed by atoms with Gasteiger partial charge in [0.2, 0.25) is 5.91 Å². The zero-order valence-electron chi connectivity index (χ0n) is 20.5. The number of rotatable bonds is 5. The van der Waals surface area contributed by atoms with Crippen molar-refractivity contribution < 1.29 is 9.53 Å². The van der Waals surface area contributed by atoms with Gasteiger partial charge in [-0.05, 0) is 49.6 Å². The Morgan fingerprint density at radius 3 is 2.47 bits per heavy atom. The minimum absolute atomic E-state index is 0.155. The summed E-state index contributed by atoms with van der Waals surface area (Å²) in [5.41, 5.74) is 3.68. The molecule has 5 heterocycles. The number of aromatic nitrogens is 5. The fraction of sp³-hybridized carbons (Fsp3) is 0.423. The summed E-state index contributed by atoms with van der Waals surface area (Å²) in [4.78, 5) is 38.7. The van der Waals surface area contributed by atoms with Crippen LogP contribution in [-0.2, 0) is 22.6 Å².